The standard InChI is InChI=1S/C18H26ClN3O2/c1-24-17-5-4-14(11-15(17)19)21-18(23)12-22-9-6-13(7-10-22)16-3-2-8-20-16/h4-5,11,13,16,20H,2-3,6-10,12H2,1H3,(H,21,23). The number of nitrogens with zero attached hydrogens (tertiary/aromatic N) is 1. The number of anilines is 1. The van der Waals surface area contributed by atoms with Gasteiger partial charge in [-0.25, -0.2) is 0 Å². The summed E-state index contributed by atoms with van der Waals surface area (Å²) in [5.41, 5.74) is 0.704. The van der Waals surface area contributed by atoms with Gasteiger partial charge in [0.1, 0.15) is 5.75 Å². The molecule has 24 heavy (non-hydrogen) atoms. The molecule has 2 N–H and O–H groups in total. The molecule has 0 saturated carbocycles. The molecular weight excluding hydrogens is 326 g/mol. The number of hydrogen-bond donors (Lipinski definition) is 2. The number of ether oxygens (including phenoxy) is 1. The number of nitrogens with one attached hydrogen (secondary N) is 2. The van der Waals surface area contributed by atoms with Gasteiger partial charge in [0.2, 0.25) is 5.91 Å². The minimum Gasteiger partial charge on any atom is -0.495 e. The highest BCUT2D eigenvalue weighted by molar-refractivity contribution is 6.32. The highest BCUT2D eigenvalue weighted by Gasteiger charge is 2.28. The minimum atomic E-state index is 0.00803. The zero-order valence-corrected chi connectivity index (χ0v) is 14.9. The Morgan fingerprint density at radius 1 is 1.38 bits per heavy atom. The van der Waals surface area contributed by atoms with E-state index in [2.05, 4.69) is 15.5 Å². The molecule has 0 spiro atoms. The van der Waals surface area contributed by atoms with Crippen LogP contribution in [0.4, 0.5) is 5.69 Å². The number of carbonyl (C=O) groups excluding carboxylic acids is 1. The molecule has 0 aliphatic carbocycles. The molecular formula is C18H26ClN3O2. The van der Waals surface area contributed by atoms with Gasteiger partial charge in [0.25, 0.3) is 0 Å². The fourth-order valence-electron chi connectivity index (χ4n) is 3.78. The molecule has 1 aromatic carbocycles. The first-order valence-corrected chi connectivity index (χ1v) is 9.12. The lowest BCUT2D eigenvalue weighted by Crippen LogP contribution is -2.43. The van der Waals surface area contributed by atoms with Gasteiger partial charge in [-0.05, 0) is 69.4 Å². The average molecular weight is 352 g/mol. The van der Waals surface area contributed by atoms with E-state index in [4.69, 9.17) is 16.3 Å². The van der Waals surface area contributed by atoms with E-state index in [0.29, 0.717) is 29.0 Å². The highest BCUT2D eigenvalue weighted by atomic mass is 35.5. The van der Waals surface area contributed by atoms with Crippen LogP contribution in [-0.2, 0) is 4.79 Å². The fourth-order valence-corrected chi connectivity index (χ4v) is 4.03. The monoisotopic (exact) mass is 351 g/mol. The smallest absolute Gasteiger partial charge is 0.238 e. The first-order valence-electron chi connectivity index (χ1n) is 8.75. The lowest BCUT2D eigenvalue weighted by Gasteiger charge is -2.34. The summed E-state index contributed by atoms with van der Waals surface area (Å²) in [7, 11) is 1.57. The summed E-state index contributed by atoms with van der Waals surface area (Å²) in [4.78, 5) is 14.5. The molecule has 0 bridgehead atoms. The number of halogens is 1. The van der Waals surface area contributed by atoms with Gasteiger partial charge >= 0.3 is 0 Å². The van der Waals surface area contributed by atoms with Gasteiger partial charge in [-0.1, -0.05) is 11.6 Å². The Labute approximate surface area is 148 Å². The molecule has 1 atom stereocenters. The summed E-state index contributed by atoms with van der Waals surface area (Å²) < 4.78 is 5.12. The molecule has 2 fully saturated rings. The number of benzene rings is 1. The van der Waals surface area contributed by atoms with Crippen molar-refractivity contribution in [3.8, 4) is 5.75 Å². The van der Waals surface area contributed by atoms with Crippen LogP contribution in [0.3, 0.4) is 0 Å². The van der Waals surface area contributed by atoms with Crippen molar-refractivity contribution in [3.05, 3.63) is 23.2 Å². The third-order valence-corrected chi connectivity index (χ3v) is 5.40. The van der Waals surface area contributed by atoms with E-state index in [9.17, 15) is 4.79 Å². The number of carbonyl (C=O) groups is 1. The zero-order valence-electron chi connectivity index (χ0n) is 14.2. The van der Waals surface area contributed by atoms with Crippen molar-refractivity contribution in [1.82, 2.24) is 10.2 Å². The molecule has 3 rings (SSSR count). The van der Waals surface area contributed by atoms with Crippen molar-refractivity contribution < 1.29 is 9.53 Å². The number of hydrogen-bond acceptors (Lipinski definition) is 4. The van der Waals surface area contributed by atoms with Crippen molar-refractivity contribution in [3.63, 3.8) is 0 Å². The van der Waals surface area contributed by atoms with E-state index in [0.717, 1.165) is 25.6 Å². The Kier molecular flexibility index (Phi) is 5.98. The Morgan fingerprint density at radius 3 is 2.79 bits per heavy atom. The second-order valence-corrected chi connectivity index (χ2v) is 7.12. The fraction of sp³-hybridized carbons (Fsp3) is 0.611. The van der Waals surface area contributed by atoms with E-state index >= 15 is 0 Å². The number of amides is 1. The van der Waals surface area contributed by atoms with Gasteiger partial charge in [0, 0.05) is 11.7 Å². The number of methoxy groups -OCH3 is 1. The molecule has 2 saturated heterocycles. The highest BCUT2D eigenvalue weighted by Crippen LogP contribution is 2.28. The molecule has 0 aromatic heterocycles. The van der Waals surface area contributed by atoms with Gasteiger partial charge in [0.15, 0.2) is 0 Å². The molecule has 5 nitrogen and oxygen atoms in total. The maximum atomic E-state index is 12.2. The normalized spacial score (nSPS) is 22.5. The van der Waals surface area contributed by atoms with Gasteiger partial charge < -0.3 is 15.4 Å². The van der Waals surface area contributed by atoms with Gasteiger partial charge in [0.05, 0.1) is 18.7 Å². The summed E-state index contributed by atoms with van der Waals surface area (Å²) in [6.45, 7) is 3.60. The maximum absolute atomic E-state index is 12.2. The quantitative estimate of drug-likeness (QED) is 0.856. The second kappa shape index (κ2) is 8.19. The molecule has 132 valence electrons. The summed E-state index contributed by atoms with van der Waals surface area (Å²) in [6, 6.07) is 5.98. The largest absolute Gasteiger partial charge is 0.495 e. The van der Waals surface area contributed by atoms with Crippen molar-refractivity contribution >= 4 is 23.2 Å². The molecule has 0 radical (unpaired) electrons. The molecule has 6 heteroatoms. The lowest BCUT2D eigenvalue weighted by atomic mass is 9.88. The van der Waals surface area contributed by atoms with Crippen LogP contribution in [0, 0.1) is 5.92 Å². The number of rotatable bonds is 5. The summed E-state index contributed by atoms with van der Waals surface area (Å²) >= 11 is 6.09. The Balaban J connectivity index is 1.45. The average Bonchev–Trinajstić information content (AvgIpc) is 3.10. The van der Waals surface area contributed by atoms with Crippen molar-refractivity contribution in [2.75, 3.05) is 38.6 Å². The van der Waals surface area contributed by atoms with Crippen LogP contribution in [0.5, 0.6) is 5.75 Å². The SMILES string of the molecule is COc1ccc(NC(=O)CN2CCC(C3CCCN3)CC2)cc1Cl. The van der Waals surface area contributed by atoms with E-state index in [-0.39, 0.29) is 5.91 Å². The van der Waals surface area contributed by atoms with Gasteiger partial charge in [-0.3, -0.25) is 9.69 Å². The van der Waals surface area contributed by atoms with Crippen LogP contribution in [0.15, 0.2) is 18.2 Å². The van der Waals surface area contributed by atoms with E-state index < -0.39 is 0 Å². The molecule has 1 aromatic rings. The first kappa shape index (κ1) is 17.5. The summed E-state index contributed by atoms with van der Waals surface area (Å²) in [6.07, 6.45) is 4.97. The molecule has 2 aliphatic rings. The third kappa shape index (κ3) is 4.41. The molecule has 1 unspecified atom stereocenters. The Bertz CT molecular complexity index is 567. The summed E-state index contributed by atoms with van der Waals surface area (Å²) in [5.74, 6) is 1.39. The topological polar surface area (TPSA) is 53.6 Å². The van der Waals surface area contributed by atoms with E-state index in [1.165, 1.54) is 25.7 Å². The predicted molar refractivity (Wildman–Crippen MR) is 96.8 cm³/mol. The van der Waals surface area contributed by atoms with Crippen LogP contribution in [0.25, 0.3) is 0 Å². The van der Waals surface area contributed by atoms with Crippen LogP contribution >= 0.6 is 11.6 Å². The molecule has 1 amide bonds. The minimum absolute atomic E-state index is 0.00803. The number of piperidine rings is 1. The van der Waals surface area contributed by atoms with Crippen molar-refractivity contribution in [2.45, 2.75) is 31.7 Å². The molecule has 2 aliphatic heterocycles. The second-order valence-electron chi connectivity index (χ2n) is 6.71. The van der Waals surface area contributed by atoms with Crippen LogP contribution < -0.4 is 15.4 Å². The first-order chi connectivity index (χ1) is 11.7. The Hall–Kier alpha value is -1.30. The molecule has 2 heterocycles. The maximum Gasteiger partial charge on any atom is 0.238 e. The summed E-state index contributed by atoms with van der Waals surface area (Å²) in [5, 5.41) is 7.02. The van der Waals surface area contributed by atoms with Crippen LogP contribution in [-0.4, -0.2) is 50.1 Å². The van der Waals surface area contributed by atoms with Crippen LogP contribution in [0.2, 0.25) is 5.02 Å². The van der Waals surface area contributed by atoms with Crippen molar-refractivity contribution in [2.24, 2.45) is 5.92 Å². The van der Waals surface area contributed by atoms with Gasteiger partial charge in [-0.2, -0.15) is 0 Å². The van der Waals surface area contributed by atoms with Crippen molar-refractivity contribution in [1.29, 1.82) is 0 Å². The number of likely N-dealkylation sites (tertiary alicyclic amines) is 1. The zero-order chi connectivity index (χ0) is 16.9. The predicted octanol–water partition coefficient (Wildman–Crippen LogP) is 2.75. The third-order valence-electron chi connectivity index (χ3n) is 5.10. The Morgan fingerprint density at radius 2 is 2.17 bits per heavy atom. The van der Waals surface area contributed by atoms with E-state index in [1.807, 2.05) is 0 Å². The lowest BCUT2D eigenvalue weighted by molar-refractivity contribution is -0.117. The van der Waals surface area contributed by atoms with Gasteiger partial charge in [-0.15, -0.1) is 0 Å². The van der Waals surface area contributed by atoms with E-state index in [1.54, 1.807) is 25.3 Å². The van der Waals surface area contributed by atoms with Crippen LogP contribution in [0.1, 0.15) is 25.7 Å².